The Labute approximate surface area is 117 Å². The molecule has 0 radical (unpaired) electrons. The van der Waals surface area contributed by atoms with E-state index in [0.717, 1.165) is 17.0 Å². The Balaban J connectivity index is 2.11. The molecule has 1 aromatic heterocycles. The van der Waals surface area contributed by atoms with Crippen molar-refractivity contribution in [1.29, 1.82) is 0 Å². The maximum atomic E-state index is 11.8. The van der Waals surface area contributed by atoms with Crippen LogP contribution in [0.2, 0.25) is 0 Å². The van der Waals surface area contributed by atoms with Gasteiger partial charge in [0, 0.05) is 43.7 Å². The summed E-state index contributed by atoms with van der Waals surface area (Å²) in [5.74, 6) is -0.595. The van der Waals surface area contributed by atoms with Crippen molar-refractivity contribution in [3.63, 3.8) is 0 Å². The number of rotatable bonds is 5. The van der Waals surface area contributed by atoms with Crippen molar-refractivity contribution in [1.82, 2.24) is 20.2 Å². The van der Waals surface area contributed by atoms with Gasteiger partial charge in [-0.2, -0.15) is 0 Å². The van der Waals surface area contributed by atoms with E-state index in [1.54, 1.807) is 18.6 Å². The summed E-state index contributed by atoms with van der Waals surface area (Å²) < 4.78 is 0. The van der Waals surface area contributed by atoms with Gasteiger partial charge in [-0.1, -0.05) is 13.8 Å². The molecule has 1 aliphatic rings. The quantitative estimate of drug-likeness (QED) is 0.796. The van der Waals surface area contributed by atoms with E-state index in [1.165, 1.54) is 13.1 Å². The average Bonchev–Trinajstić information content (AvgIpc) is 2.73. The van der Waals surface area contributed by atoms with Gasteiger partial charge >= 0.3 is 0 Å². The van der Waals surface area contributed by atoms with Gasteiger partial charge in [-0.3, -0.25) is 24.5 Å². The first-order valence-corrected chi connectivity index (χ1v) is 6.52. The topological polar surface area (TPSA) is 75.2 Å². The van der Waals surface area contributed by atoms with Gasteiger partial charge in [-0.05, 0) is 6.42 Å². The Bertz CT molecular complexity index is 556. The van der Waals surface area contributed by atoms with Crippen molar-refractivity contribution in [2.24, 2.45) is 0 Å². The zero-order valence-corrected chi connectivity index (χ0v) is 11.9. The minimum absolute atomic E-state index is 0.250. The molecule has 6 nitrogen and oxygen atoms in total. The SMILES string of the molecule is CCC(C)(CNC1=CC(=O)N(C)C1=O)c1cnccn1. The van der Waals surface area contributed by atoms with E-state index in [-0.39, 0.29) is 17.2 Å². The molecule has 1 atom stereocenters. The van der Waals surface area contributed by atoms with Crippen molar-refractivity contribution in [3.05, 3.63) is 36.1 Å². The molecule has 106 valence electrons. The van der Waals surface area contributed by atoms with Crippen molar-refractivity contribution >= 4 is 11.8 Å². The second-order valence-corrected chi connectivity index (χ2v) is 5.12. The van der Waals surface area contributed by atoms with Crippen LogP contribution < -0.4 is 5.32 Å². The summed E-state index contributed by atoms with van der Waals surface area (Å²) >= 11 is 0. The van der Waals surface area contributed by atoms with E-state index in [2.05, 4.69) is 29.1 Å². The molecule has 20 heavy (non-hydrogen) atoms. The van der Waals surface area contributed by atoms with E-state index in [1.807, 2.05) is 0 Å². The van der Waals surface area contributed by atoms with Gasteiger partial charge < -0.3 is 5.32 Å². The summed E-state index contributed by atoms with van der Waals surface area (Å²) in [4.78, 5) is 32.7. The Morgan fingerprint density at radius 1 is 1.35 bits per heavy atom. The van der Waals surface area contributed by atoms with Crippen LogP contribution in [0.15, 0.2) is 30.4 Å². The van der Waals surface area contributed by atoms with Crippen molar-refractivity contribution in [2.45, 2.75) is 25.7 Å². The van der Waals surface area contributed by atoms with Crippen LogP contribution in [0.3, 0.4) is 0 Å². The van der Waals surface area contributed by atoms with E-state index in [9.17, 15) is 9.59 Å². The van der Waals surface area contributed by atoms with Crippen LogP contribution in [-0.4, -0.2) is 40.3 Å². The van der Waals surface area contributed by atoms with Crippen LogP contribution in [0.1, 0.15) is 26.0 Å². The van der Waals surface area contributed by atoms with Gasteiger partial charge in [0.05, 0.1) is 5.69 Å². The number of nitrogens with zero attached hydrogens (tertiary/aromatic N) is 3. The number of nitrogens with one attached hydrogen (secondary N) is 1. The van der Waals surface area contributed by atoms with Crippen molar-refractivity contribution in [2.75, 3.05) is 13.6 Å². The molecule has 0 bridgehead atoms. The lowest BCUT2D eigenvalue weighted by atomic mass is 9.84. The molecule has 6 heteroatoms. The third-order valence-corrected chi connectivity index (χ3v) is 3.76. The first-order valence-electron chi connectivity index (χ1n) is 6.52. The highest BCUT2D eigenvalue weighted by molar-refractivity contribution is 6.15. The van der Waals surface area contributed by atoms with Gasteiger partial charge in [0.1, 0.15) is 5.70 Å². The molecule has 0 spiro atoms. The predicted molar refractivity (Wildman–Crippen MR) is 73.5 cm³/mol. The monoisotopic (exact) mass is 274 g/mol. The van der Waals surface area contributed by atoms with Crippen LogP contribution in [0.4, 0.5) is 0 Å². The molecule has 2 amide bonds. The summed E-state index contributed by atoms with van der Waals surface area (Å²) in [7, 11) is 1.47. The lowest BCUT2D eigenvalue weighted by Gasteiger charge is -2.28. The number of hydrogen-bond donors (Lipinski definition) is 1. The standard InChI is InChI=1S/C14H18N4O2/c1-4-14(2,11-8-15-5-6-16-11)9-17-10-7-12(19)18(3)13(10)20/h5-8,17H,4,9H2,1-3H3. The molecule has 0 saturated heterocycles. The molecule has 2 heterocycles. The Morgan fingerprint density at radius 3 is 2.60 bits per heavy atom. The minimum atomic E-state index is -0.299. The molecule has 0 aliphatic carbocycles. The third-order valence-electron chi connectivity index (χ3n) is 3.76. The summed E-state index contributed by atoms with van der Waals surface area (Å²) in [6, 6.07) is 0. The Morgan fingerprint density at radius 2 is 2.10 bits per heavy atom. The number of carbonyl (C=O) groups is 2. The molecule has 0 aromatic carbocycles. The third kappa shape index (κ3) is 2.54. The highest BCUT2D eigenvalue weighted by Gasteiger charge is 2.31. The fraction of sp³-hybridized carbons (Fsp3) is 0.429. The first-order chi connectivity index (χ1) is 9.48. The van der Waals surface area contributed by atoms with Gasteiger partial charge in [0.25, 0.3) is 11.8 Å². The highest BCUT2D eigenvalue weighted by Crippen LogP contribution is 2.24. The maximum absolute atomic E-state index is 11.8. The fourth-order valence-electron chi connectivity index (χ4n) is 1.99. The number of imide groups is 1. The molecule has 2 rings (SSSR count). The van der Waals surface area contributed by atoms with E-state index < -0.39 is 0 Å². The first kappa shape index (κ1) is 14.2. The summed E-state index contributed by atoms with van der Waals surface area (Å²) in [5.41, 5.74) is 0.946. The molecule has 1 aliphatic heterocycles. The van der Waals surface area contributed by atoms with Gasteiger partial charge in [-0.15, -0.1) is 0 Å². The minimum Gasteiger partial charge on any atom is -0.379 e. The van der Waals surface area contributed by atoms with Gasteiger partial charge in [0.15, 0.2) is 0 Å². The second-order valence-electron chi connectivity index (χ2n) is 5.12. The average molecular weight is 274 g/mol. The van der Waals surface area contributed by atoms with Crippen molar-refractivity contribution in [3.8, 4) is 0 Å². The Kier molecular flexibility index (Phi) is 3.83. The van der Waals surface area contributed by atoms with E-state index >= 15 is 0 Å². The largest absolute Gasteiger partial charge is 0.379 e. The smallest absolute Gasteiger partial charge is 0.276 e. The second kappa shape index (κ2) is 5.40. The van der Waals surface area contributed by atoms with Crippen molar-refractivity contribution < 1.29 is 9.59 Å². The number of amides is 2. The molecule has 1 unspecified atom stereocenters. The molecule has 0 fully saturated rings. The van der Waals surface area contributed by atoms with E-state index in [0.29, 0.717) is 12.2 Å². The highest BCUT2D eigenvalue weighted by atomic mass is 16.2. The Hall–Kier alpha value is -2.24. The number of carbonyl (C=O) groups excluding carboxylic acids is 2. The number of aromatic nitrogens is 2. The van der Waals surface area contributed by atoms with Gasteiger partial charge in [0.2, 0.25) is 0 Å². The lowest BCUT2D eigenvalue weighted by Crippen LogP contribution is -2.38. The normalized spacial score (nSPS) is 17.9. The van der Waals surface area contributed by atoms with Gasteiger partial charge in [-0.25, -0.2) is 0 Å². The van der Waals surface area contributed by atoms with Crippen LogP contribution in [0.25, 0.3) is 0 Å². The molecule has 0 saturated carbocycles. The lowest BCUT2D eigenvalue weighted by molar-refractivity contribution is -0.135. The number of likely N-dealkylation sites (N-methyl/N-ethyl adjacent to an activating group) is 1. The molecule has 1 N–H and O–H groups in total. The maximum Gasteiger partial charge on any atom is 0.276 e. The van der Waals surface area contributed by atoms with Crippen LogP contribution in [0, 0.1) is 0 Å². The van der Waals surface area contributed by atoms with Crippen LogP contribution in [-0.2, 0) is 15.0 Å². The summed E-state index contributed by atoms with van der Waals surface area (Å²) in [6.45, 7) is 4.62. The summed E-state index contributed by atoms with van der Waals surface area (Å²) in [5, 5.41) is 3.06. The molecular weight excluding hydrogens is 256 g/mol. The molecular formula is C14H18N4O2. The zero-order chi connectivity index (χ0) is 14.8. The molecule has 1 aromatic rings. The number of hydrogen-bond acceptors (Lipinski definition) is 5. The predicted octanol–water partition coefficient (Wildman–Crippen LogP) is 0.616. The van der Waals surface area contributed by atoms with Crippen LogP contribution in [0.5, 0.6) is 0 Å². The van der Waals surface area contributed by atoms with E-state index in [4.69, 9.17) is 0 Å². The summed E-state index contributed by atoms with van der Waals surface area (Å²) in [6.07, 6.45) is 7.18. The zero-order valence-electron chi connectivity index (χ0n) is 11.9. The fourth-order valence-corrected chi connectivity index (χ4v) is 1.99. The van der Waals surface area contributed by atoms with Crippen LogP contribution >= 0.6 is 0 Å².